The van der Waals surface area contributed by atoms with Crippen molar-refractivity contribution in [2.24, 2.45) is 7.05 Å². The van der Waals surface area contributed by atoms with Crippen molar-refractivity contribution in [2.45, 2.75) is 19.8 Å². The molecule has 112 valence electrons. The van der Waals surface area contributed by atoms with E-state index in [2.05, 4.69) is 21.0 Å². The van der Waals surface area contributed by atoms with Gasteiger partial charge in [0.2, 0.25) is 0 Å². The van der Waals surface area contributed by atoms with Gasteiger partial charge in [0.1, 0.15) is 11.6 Å². The molecule has 2 rings (SSSR count). The number of nitrogens with zero attached hydrogens (tertiary/aromatic N) is 2. The zero-order valence-electron chi connectivity index (χ0n) is 11.4. The number of Topliss-reactive ketones (excluding diaryl/α,β-unsaturated/α-hetero) is 1. The summed E-state index contributed by atoms with van der Waals surface area (Å²) in [6, 6.07) is 1.63. The summed E-state index contributed by atoms with van der Waals surface area (Å²) in [6.45, 7) is 1.94. The van der Waals surface area contributed by atoms with Gasteiger partial charge in [-0.05, 0) is 34.5 Å². The van der Waals surface area contributed by atoms with Gasteiger partial charge in [-0.2, -0.15) is 5.10 Å². The van der Waals surface area contributed by atoms with Gasteiger partial charge in [-0.25, -0.2) is 8.78 Å². The fraction of sp³-hybridized carbons (Fsp3) is 0.286. The summed E-state index contributed by atoms with van der Waals surface area (Å²) >= 11 is 8.86. The summed E-state index contributed by atoms with van der Waals surface area (Å²) in [5.74, 6) is -2.19. The van der Waals surface area contributed by atoms with Crippen molar-refractivity contribution in [1.82, 2.24) is 9.78 Å². The third-order valence-corrected chi connectivity index (χ3v) is 4.35. The maximum absolute atomic E-state index is 13.7. The predicted octanol–water partition coefficient (Wildman–Crippen LogP) is 4.10. The summed E-state index contributed by atoms with van der Waals surface area (Å²) in [5, 5.41) is 3.91. The van der Waals surface area contributed by atoms with Crippen LogP contribution in [0.1, 0.15) is 28.7 Å². The van der Waals surface area contributed by atoms with E-state index < -0.39 is 17.4 Å². The van der Waals surface area contributed by atoms with Crippen LogP contribution in [0.5, 0.6) is 0 Å². The Morgan fingerprint density at radius 3 is 2.62 bits per heavy atom. The van der Waals surface area contributed by atoms with E-state index >= 15 is 0 Å². The van der Waals surface area contributed by atoms with E-state index in [4.69, 9.17) is 11.6 Å². The van der Waals surface area contributed by atoms with Crippen LogP contribution >= 0.6 is 27.5 Å². The van der Waals surface area contributed by atoms with E-state index in [9.17, 15) is 13.6 Å². The minimum atomic E-state index is -0.833. The summed E-state index contributed by atoms with van der Waals surface area (Å²) in [5.41, 5.74) is 1.11. The largest absolute Gasteiger partial charge is 0.294 e. The van der Waals surface area contributed by atoms with Crippen LogP contribution in [0.25, 0.3) is 0 Å². The van der Waals surface area contributed by atoms with Gasteiger partial charge in [-0.15, -0.1) is 0 Å². The molecule has 0 fully saturated rings. The third-order valence-electron chi connectivity index (χ3n) is 3.14. The summed E-state index contributed by atoms with van der Waals surface area (Å²) in [6.07, 6.45) is 0.620. The molecule has 0 unspecified atom stereocenters. The van der Waals surface area contributed by atoms with Crippen molar-refractivity contribution in [1.29, 1.82) is 0 Å². The number of aromatic nitrogens is 2. The van der Waals surface area contributed by atoms with E-state index in [0.29, 0.717) is 12.1 Å². The first kappa shape index (κ1) is 16.1. The number of rotatable bonds is 4. The molecule has 0 aliphatic rings. The minimum Gasteiger partial charge on any atom is -0.294 e. The van der Waals surface area contributed by atoms with E-state index in [1.807, 2.05) is 6.92 Å². The predicted molar refractivity (Wildman–Crippen MR) is 79.7 cm³/mol. The minimum absolute atomic E-state index is 0.0813. The maximum Gasteiger partial charge on any atom is 0.171 e. The molecular formula is C14H12BrClF2N2O. The Morgan fingerprint density at radius 1 is 1.38 bits per heavy atom. The number of aryl methyl sites for hydroxylation is 2. The van der Waals surface area contributed by atoms with E-state index in [0.717, 1.165) is 22.3 Å². The lowest BCUT2D eigenvalue weighted by Crippen LogP contribution is -2.10. The molecule has 0 aliphatic heterocycles. The number of ketones is 1. The molecule has 0 radical (unpaired) electrons. The molecule has 0 spiro atoms. The highest BCUT2D eigenvalue weighted by atomic mass is 79.9. The molecule has 1 aromatic heterocycles. The van der Waals surface area contributed by atoms with Crippen LogP contribution in [-0.4, -0.2) is 15.6 Å². The van der Waals surface area contributed by atoms with Crippen LogP contribution in [0.15, 0.2) is 16.6 Å². The van der Waals surface area contributed by atoms with E-state index in [1.165, 1.54) is 0 Å². The van der Waals surface area contributed by atoms with Crippen molar-refractivity contribution in [3.8, 4) is 0 Å². The van der Waals surface area contributed by atoms with Crippen LogP contribution in [0.3, 0.4) is 0 Å². The molecule has 21 heavy (non-hydrogen) atoms. The Hall–Kier alpha value is -1.27. The summed E-state index contributed by atoms with van der Waals surface area (Å²) in [4.78, 5) is 12.2. The molecule has 0 saturated heterocycles. The number of halogens is 4. The van der Waals surface area contributed by atoms with E-state index in [1.54, 1.807) is 11.7 Å². The van der Waals surface area contributed by atoms with Crippen LogP contribution in [0.2, 0.25) is 5.02 Å². The second-order valence-corrected chi connectivity index (χ2v) is 5.73. The van der Waals surface area contributed by atoms with Crippen molar-refractivity contribution in [3.05, 3.63) is 50.2 Å². The van der Waals surface area contributed by atoms with Crippen molar-refractivity contribution in [3.63, 3.8) is 0 Å². The fourth-order valence-corrected chi connectivity index (χ4v) is 2.90. The first-order valence-corrected chi connectivity index (χ1v) is 7.40. The molecule has 3 nitrogen and oxygen atoms in total. The summed E-state index contributed by atoms with van der Waals surface area (Å²) in [7, 11) is 1.70. The second-order valence-electron chi connectivity index (χ2n) is 4.53. The molecule has 1 aromatic carbocycles. The lowest BCUT2D eigenvalue weighted by Gasteiger charge is -2.05. The van der Waals surface area contributed by atoms with Gasteiger partial charge in [0.15, 0.2) is 5.78 Å². The van der Waals surface area contributed by atoms with Crippen molar-refractivity contribution >= 4 is 33.3 Å². The highest BCUT2D eigenvalue weighted by molar-refractivity contribution is 9.10. The van der Waals surface area contributed by atoms with Gasteiger partial charge < -0.3 is 0 Å². The lowest BCUT2D eigenvalue weighted by atomic mass is 10.1. The van der Waals surface area contributed by atoms with Gasteiger partial charge in [-0.3, -0.25) is 9.48 Å². The second kappa shape index (κ2) is 6.23. The number of hydrogen-bond donors (Lipinski definition) is 0. The first-order valence-electron chi connectivity index (χ1n) is 6.23. The molecule has 0 atom stereocenters. The average Bonchev–Trinajstić information content (AvgIpc) is 2.70. The van der Waals surface area contributed by atoms with Crippen LogP contribution in [-0.2, 0) is 19.9 Å². The number of carbonyl (C=O) groups excluding carboxylic acids is 1. The standard InChI is InChI=1S/C14H12BrClF2N2O/c1-3-11-14(15)12(20(2)19-11)6-13(21)7-4-10(18)8(16)5-9(7)17/h4-5H,3,6H2,1-2H3. The molecule has 2 aromatic rings. The molecule has 0 N–H and O–H groups in total. The monoisotopic (exact) mass is 376 g/mol. The Balaban J connectivity index is 2.35. The van der Waals surface area contributed by atoms with Crippen LogP contribution in [0.4, 0.5) is 8.78 Å². The molecule has 7 heteroatoms. The molecule has 0 aliphatic carbocycles. The molecule has 0 bridgehead atoms. The fourth-order valence-electron chi connectivity index (χ4n) is 2.00. The zero-order valence-corrected chi connectivity index (χ0v) is 13.7. The SMILES string of the molecule is CCc1nn(C)c(CC(=O)c2cc(F)c(Cl)cc2F)c1Br. The highest BCUT2D eigenvalue weighted by Crippen LogP contribution is 2.25. The third kappa shape index (κ3) is 3.16. The quantitative estimate of drug-likeness (QED) is 0.594. The first-order chi connectivity index (χ1) is 9.85. The smallest absolute Gasteiger partial charge is 0.171 e. The molecule has 0 amide bonds. The lowest BCUT2D eigenvalue weighted by molar-refractivity contribution is 0.0986. The van der Waals surface area contributed by atoms with Gasteiger partial charge in [0.25, 0.3) is 0 Å². The number of carbonyl (C=O) groups is 1. The Labute approximate surface area is 134 Å². The Morgan fingerprint density at radius 2 is 2.05 bits per heavy atom. The molecular weight excluding hydrogens is 366 g/mol. The highest BCUT2D eigenvalue weighted by Gasteiger charge is 2.20. The van der Waals surface area contributed by atoms with Crippen LogP contribution < -0.4 is 0 Å². The normalized spacial score (nSPS) is 11.0. The van der Waals surface area contributed by atoms with E-state index in [-0.39, 0.29) is 17.0 Å². The van der Waals surface area contributed by atoms with Crippen LogP contribution in [0, 0.1) is 11.6 Å². The molecule has 0 saturated carbocycles. The average molecular weight is 378 g/mol. The van der Waals surface area contributed by atoms with Gasteiger partial charge in [-0.1, -0.05) is 18.5 Å². The van der Waals surface area contributed by atoms with Gasteiger partial charge in [0, 0.05) is 7.05 Å². The molecule has 1 heterocycles. The summed E-state index contributed by atoms with van der Waals surface area (Å²) < 4.78 is 29.4. The topological polar surface area (TPSA) is 34.9 Å². The van der Waals surface area contributed by atoms with Gasteiger partial charge in [0.05, 0.1) is 32.9 Å². The Bertz CT molecular complexity index is 715. The van der Waals surface area contributed by atoms with Crippen molar-refractivity contribution in [2.75, 3.05) is 0 Å². The number of hydrogen-bond acceptors (Lipinski definition) is 2. The number of benzene rings is 1. The van der Waals surface area contributed by atoms with Crippen molar-refractivity contribution < 1.29 is 13.6 Å². The zero-order chi connectivity index (χ0) is 15.7. The van der Waals surface area contributed by atoms with Gasteiger partial charge >= 0.3 is 0 Å². The maximum atomic E-state index is 13.7. The Kier molecular flexibility index (Phi) is 4.78.